The molecule has 0 aliphatic heterocycles. The van der Waals surface area contributed by atoms with E-state index in [0.717, 1.165) is 24.3 Å². The molecular weight excluding hydrogens is 256 g/mol. The molecule has 6 heteroatoms. The number of nitrogens with one attached hydrogen (secondary N) is 1. The van der Waals surface area contributed by atoms with Gasteiger partial charge in [-0.2, -0.15) is 0 Å². The van der Waals surface area contributed by atoms with Gasteiger partial charge in [0, 0.05) is 18.5 Å². The lowest BCUT2D eigenvalue weighted by Crippen LogP contribution is -2.26. The van der Waals surface area contributed by atoms with Gasteiger partial charge in [-0.15, -0.1) is 11.3 Å². The predicted molar refractivity (Wildman–Crippen MR) is 72.1 cm³/mol. The number of sulfonamides is 1. The largest absolute Gasteiger partial charge is 0.319 e. The van der Waals surface area contributed by atoms with Crippen LogP contribution in [0.25, 0.3) is 0 Å². The first-order valence-electron chi connectivity index (χ1n) is 5.72. The summed E-state index contributed by atoms with van der Waals surface area (Å²) in [5.41, 5.74) is 0. The van der Waals surface area contributed by atoms with Crippen molar-refractivity contribution in [1.29, 1.82) is 0 Å². The first-order chi connectivity index (χ1) is 8.02. The molecule has 0 fully saturated rings. The first kappa shape index (κ1) is 14.6. The Morgan fingerprint density at radius 1 is 1.41 bits per heavy atom. The second kappa shape index (κ2) is 6.49. The van der Waals surface area contributed by atoms with E-state index in [4.69, 9.17) is 0 Å². The van der Waals surface area contributed by atoms with Crippen LogP contribution in [-0.4, -0.2) is 39.9 Å². The van der Waals surface area contributed by atoms with Crippen LogP contribution in [0.4, 0.5) is 0 Å². The molecule has 1 aromatic heterocycles. The highest BCUT2D eigenvalue weighted by molar-refractivity contribution is 7.91. The molecule has 98 valence electrons. The molecule has 0 bridgehead atoms. The Hall–Kier alpha value is -0.430. The van der Waals surface area contributed by atoms with Crippen LogP contribution in [0.2, 0.25) is 0 Å². The van der Waals surface area contributed by atoms with Crippen molar-refractivity contribution in [2.24, 2.45) is 0 Å². The van der Waals surface area contributed by atoms with Crippen LogP contribution in [0.15, 0.2) is 16.3 Å². The summed E-state index contributed by atoms with van der Waals surface area (Å²) in [6, 6.07) is 3.60. The summed E-state index contributed by atoms with van der Waals surface area (Å²) in [6.07, 6.45) is 1.70. The van der Waals surface area contributed by atoms with E-state index in [9.17, 15) is 8.42 Å². The lowest BCUT2D eigenvalue weighted by Gasteiger charge is -2.14. The Bertz CT molecular complexity index is 440. The number of thiophene rings is 1. The molecule has 0 radical (unpaired) electrons. The maximum absolute atomic E-state index is 12.1. The van der Waals surface area contributed by atoms with Crippen LogP contribution >= 0.6 is 11.3 Å². The minimum Gasteiger partial charge on any atom is -0.319 e. The van der Waals surface area contributed by atoms with Crippen molar-refractivity contribution < 1.29 is 8.42 Å². The predicted octanol–water partition coefficient (Wildman–Crippen LogP) is 1.54. The molecular formula is C11H20N2O2S2. The Balaban J connectivity index is 2.81. The first-order valence-corrected chi connectivity index (χ1v) is 7.97. The summed E-state index contributed by atoms with van der Waals surface area (Å²) in [4.78, 5) is 1.10. The van der Waals surface area contributed by atoms with Crippen molar-refractivity contribution in [3.05, 3.63) is 17.0 Å². The standard InChI is InChI=1S/C11H20N2O2S2/c1-4-9-13(3)17(14,15)11-6-5-10(16-11)7-8-12-2/h5-6,12H,4,7-9H2,1-3H3. The van der Waals surface area contributed by atoms with E-state index in [1.807, 2.05) is 20.0 Å². The number of hydrogen-bond donors (Lipinski definition) is 1. The van der Waals surface area contributed by atoms with Gasteiger partial charge in [0.15, 0.2) is 0 Å². The van der Waals surface area contributed by atoms with Gasteiger partial charge in [-0.3, -0.25) is 0 Å². The third-order valence-electron chi connectivity index (χ3n) is 2.46. The second-order valence-corrected chi connectivity index (χ2v) is 7.34. The summed E-state index contributed by atoms with van der Waals surface area (Å²) in [5, 5.41) is 3.05. The van der Waals surface area contributed by atoms with Gasteiger partial charge in [-0.1, -0.05) is 6.92 Å². The van der Waals surface area contributed by atoms with Crippen LogP contribution < -0.4 is 5.32 Å². The van der Waals surface area contributed by atoms with Gasteiger partial charge in [0.25, 0.3) is 10.0 Å². The maximum atomic E-state index is 12.1. The molecule has 1 N–H and O–H groups in total. The molecule has 1 rings (SSSR count). The Morgan fingerprint density at radius 3 is 2.71 bits per heavy atom. The Labute approximate surface area is 108 Å². The maximum Gasteiger partial charge on any atom is 0.252 e. The highest BCUT2D eigenvalue weighted by Gasteiger charge is 2.21. The van der Waals surface area contributed by atoms with E-state index in [0.29, 0.717) is 10.8 Å². The van der Waals surface area contributed by atoms with Crippen molar-refractivity contribution in [2.45, 2.75) is 24.0 Å². The molecule has 0 aromatic carbocycles. The van der Waals surface area contributed by atoms with Crippen molar-refractivity contribution >= 4 is 21.4 Å². The molecule has 0 saturated heterocycles. The minimum atomic E-state index is -3.27. The van der Waals surface area contributed by atoms with Crippen molar-refractivity contribution in [2.75, 3.05) is 27.2 Å². The smallest absolute Gasteiger partial charge is 0.252 e. The van der Waals surface area contributed by atoms with Crippen LogP contribution in [-0.2, 0) is 16.4 Å². The van der Waals surface area contributed by atoms with E-state index >= 15 is 0 Å². The van der Waals surface area contributed by atoms with Gasteiger partial charge >= 0.3 is 0 Å². The van der Waals surface area contributed by atoms with E-state index in [1.54, 1.807) is 13.1 Å². The fraction of sp³-hybridized carbons (Fsp3) is 0.636. The highest BCUT2D eigenvalue weighted by Crippen LogP contribution is 2.24. The van der Waals surface area contributed by atoms with E-state index < -0.39 is 10.0 Å². The van der Waals surface area contributed by atoms with Gasteiger partial charge in [0.2, 0.25) is 0 Å². The molecule has 17 heavy (non-hydrogen) atoms. The topological polar surface area (TPSA) is 49.4 Å². The summed E-state index contributed by atoms with van der Waals surface area (Å²) < 4.78 is 26.1. The summed E-state index contributed by atoms with van der Waals surface area (Å²) >= 11 is 1.36. The van der Waals surface area contributed by atoms with Crippen LogP contribution in [0.3, 0.4) is 0 Å². The van der Waals surface area contributed by atoms with Crippen LogP contribution in [0.5, 0.6) is 0 Å². The molecule has 0 saturated carbocycles. The van der Waals surface area contributed by atoms with Crippen molar-refractivity contribution in [3.63, 3.8) is 0 Å². The fourth-order valence-electron chi connectivity index (χ4n) is 1.47. The molecule has 0 spiro atoms. The van der Waals surface area contributed by atoms with E-state index in [-0.39, 0.29) is 0 Å². The molecule has 0 aliphatic carbocycles. The SMILES string of the molecule is CCCN(C)S(=O)(=O)c1ccc(CCNC)s1. The molecule has 1 heterocycles. The molecule has 0 amide bonds. The van der Waals surface area contributed by atoms with E-state index in [1.165, 1.54) is 15.6 Å². The van der Waals surface area contributed by atoms with Gasteiger partial charge in [-0.05, 0) is 38.6 Å². The molecule has 4 nitrogen and oxygen atoms in total. The molecule has 0 aliphatic rings. The van der Waals surface area contributed by atoms with Crippen molar-refractivity contribution in [1.82, 2.24) is 9.62 Å². The fourth-order valence-corrected chi connectivity index (χ4v) is 4.30. The third-order valence-corrected chi connectivity index (χ3v) is 5.93. The van der Waals surface area contributed by atoms with Gasteiger partial charge in [0.05, 0.1) is 0 Å². The number of rotatable bonds is 7. The summed E-state index contributed by atoms with van der Waals surface area (Å²) in [6.45, 7) is 3.40. The Morgan fingerprint density at radius 2 is 2.12 bits per heavy atom. The zero-order chi connectivity index (χ0) is 12.9. The van der Waals surface area contributed by atoms with Crippen LogP contribution in [0.1, 0.15) is 18.2 Å². The third kappa shape index (κ3) is 3.77. The average molecular weight is 276 g/mol. The highest BCUT2D eigenvalue weighted by atomic mass is 32.2. The average Bonchev–Trinajstić information content (AvgIpc) is 2.75. The monoisotopic (exact) mass is 276 g/mol. The molecule has 0 unspecified atom stereocenters. The summed E-state index contributed by atoms with van der Waals surface area (Å²) in [5.74, 6) is 0. The summed E-state index contributed by atoms with van der Waals surface area (Å²) in [7, 11) is 0.246. The zero-order valence-corrected chi connectivity index (χ0v) is 12.2. The number of hydrogen-bond acceptors (Lipinski definition) is 4. The van der Waals surface area contributed by atoms with Crippen molar-refractivity contribution in [3.8, 4) is 0 Å². The van der Waals surface area contributed by atoms with Gasteiger partial charge in [0.1, 0.15) is 4.21 Å². The lowest BCUT2D eigenvalue weighted by molar-refractivity contribution is 0.470. The second-order valence-electron chi connectivity index (χ2n) is 3.90. The van der Waals surface area contributed by atoms with Crippen LogP contribution in [0, 0.1) is 0 Å². The Kier molecular flexibility index (Phi) is 5.58. The number of nitrogens with zero attached hydrogens (tertiary/aromatic N) is 1. The minimum absolute atomic E-state index is 0.444. The van der Waals surface area contributed by atoms with E-state index in [2.05, 4.69) is 5.32 Å². The lowest BCUT2D eigenvalue weighted by atomic mass is 10.3. The van der Waals surface area contributed by atoms with Gasteiger partial charge in [-0.25, -0.2) is 12.7 Å². The molecule has 0 atom stereocenters. The number of likely N-dealkylation sites (N-methyl/N-ethyl adjacent to an activating group) is 1. The quantitative estimate of drug-likeness (QED) is 0.822. The zero-order valence-electron chi connectivity index (χ0n) is 10.6. The molecule has 1 aromatic rings. The van der Waals surface area contributed by atoms with Gasteiger partial charge < -0.3 is 5.32 Å². The normalized spacial score (nSPS) is 12.2.